The molecule has 6 heteroatoms. The Morgan fingerprint density at radius 3 is 2.10 bits per heavy atom. The number of thiophene rings is 1. The topological polar surface area (TPSA) is 56.7 Å². The number of para-hydroxylation sites is 1. The highest BCUT2D eigenvalue weighted by atomic mass is 32.1. The lowest BCUT2D eigenvalue weighted by molar-refractivity contribution is 0.669. The third-order valence-corrected chi connectivity index (χ3v) is 10.7. The Kier molecular flexibility index (Phi) is 5.08. The van der Waals surface area contributed by atoms with Gasteiger partial charge in [-0.25, -0.2) is 15.0 Å². The van der Waals surface area contributed by atoms with Crippen molar-refractivity contribution in [1.29, 1.82) is 0 Å². The summed E-state index contributed by atoms with van der Waals surface area (Å²) < 4.78 is 53.2. The van der Waals surface area contributed by atoms with Crippen LogP contribution in [0.15, 0.2) is 162 Å². The fraction of sp³-hybridized carbons (Fsp3) is 0. The van der Waals surface area contributed by atoms with Gasteiger partial charge in [-0.2, -0.15) is 0 Å². The van der Waals surface area contributed by atoms with E-state index in [4.69, 9.17) is 21.2 Å². The molecule has 0 aliphatic heterocycles. The molecule has 0 aliphatic rings. The summed E-state index contributed by atoms with van der Waals surface area (Å²) in [6.45, 7) is 0. The molecule has 0 fully saturated rings. The third kappa shape index (κ3) is 4.37. The number of hydrogen-bond acceptors (Lipinski definition) is 5. The van der Waals surface area contributed by atoms with Gasteiger partial charge in [0, 0.05) is 64.1 Å². The molecule has 0 spiro atoms. The lowest BCUT2D eigenvalue weighted by Gasteiger charge is -2.09. The minimum absolute atomic E-state index is 0.0149. The highest BCUT2D eigenvalue weighted by Gasteiger charge is 2.20. The molecule has 11 rings (SSSR count). The Bertz CT molecular complexity index is 3420. The van der Waals surface area contributed by atoms with Crippen molar-refractivity contribution in [2.45, 2.75) is 0 Å². The number of fused-ring (bicyclic) bond motifs is 10. The monoisotopic (exact) mass is 675 g/mol. The van der Waals surface area contributed by atoms with Gasteiger partial charge in [-0.3, -0.25) is 0 Å². The molecule has 0 amide bonds. The number of hydrogen-bond donors (Lipinski definition) is 0. The van der Waals surface area contributed by atoms with Gasteiger partial charge < -0.3 is 8.98 Å². The molecule has 0 saturated carbocycles. The van der Waals surface area contributed by atoms with Crippen molar-refractivity contribution < 1.29 is 11.3 Å². The van der Waals surface area contributed by atoms with Gasteiger partial charge >= 0.3 is 0 Å². The molecular formula is C45H26N4OS. The normalized spacial score (nSPS) is 13.3. The first-order valence-electron chi connectivity index (χ1n) is 19.0. The molecule has 11 aromatic rings. The highest BCUT2D eigenvalue weighted by molar-refractivity contribution is 7.26. The van der Waals surface area contributed by atoms with Crippen molar-refractivity contribution in [3.63, 3.8) is 0 Å². The van der Waals surface area contributed by atoms with Crippen LogP contribution in [0.2, 0.25) is 0 Å². The summed E-state index contributed by atoms with van der Waals surface area (Å²) in [5, 5.41) is 6.76. The van der Waals surface area contributed by atoms with E-state index in [0.717, 1.165) is 27.6 Å². The third-order valence-electron chi connectivity index (χ3n) is 9.54. The maximum Gasteiger partial charge on any atom is 0.164 e. The Hall–Kier alpha value is -6.63. The summed E-state index contributed by atoms with van der Waals surface area (Å²) in [7, 11) is 0. The molecule has 238 valence electrons. The van der Waals surface area contributed by atoms with Crippen molar-refractivity contribution in [2.75, 3.05) is 0 Å². The van der Waals surface area contributed by atoms with Crippen LogP contribution in [0.3, 0.4) is 0 Å². The second-order valence-electron chi connectivity index (χ2n) is 12.5. The van der Waals surface area contributed by atoms with Gasteiger partial charge in [0.1, 0.15) is 11.2 Å². The molecule has 0 saturated heterocycles. The lowest BCUT2D eigenvalue weighted by Crippen LogP contribution is -2.00. The van der Waals surface area contributed by atoms with Crippen LogP contribution in [0.5, 0.6) is 0 Å². The van der Waals surface area contributed by atoms with Gasteiger partial charge in [-0.1, -0.05) is 109 Å². The Morgan fingerprint density at radius 1 is 0.510 bits per heavy atom. The Morgan fingerprint density at radius 2 is 1.24 bits per heavy atom. The lowest BCUT2D eigenvalue weighted by atomic mass is 10.1. The van der Waals surface area contributed by atoms with Gasteiger partial charge in [-0.15, -0.1) is 11.3 Å². The van der Waals surface area contributed by atoms with E-state index in [0.29, 0.717) is 22.5 Å². The van der Waals surface area contributed by atoms with Gasteiger partial charge in [0.05, 0.1) is 17.9 Å². The second-order valence-corrected chi connectivity index (χ2v) is 13.5. The Balaban J connectivity index is 1.10. The van der Waals surface area contributed by atoms with Crippen LogP contribution in [0.4, 0.5) is 0 Å². The summed E-state index contributed by atoms with van der Waals surface area (Å²) in [6, 6.07) is 40.9. The summed E-state index contributed by atoms with van der Waals surface area (Å²) in [6.07, 6.45) is 0. The molecule has 4 aromatic heterocycles. The van der Waals surface area contributed by atoms with E-state index in [9.17, 15) is 0 Å². The van der Waals surface area contributed by atoms with Gasteiger partial charge in [-0.05, 0) is 48.5 Å². The molecular weight excluding hydrogens is 645 g/mol. The van der Waals surface area contributed by atoms with E-state index >= 15 is 0 Å². The van der Waals surface area contributed by atoms with Crippen LogP contribution in [0.1, 0.15) is 6.85 Å². The molecule has 0 radical (unpaired) electrons. The average Bonchev–Trinajstić information content (AvgIpc) is 3.91. The molecule has 0 bridgehead atoms. The highest BCUT2D eigenvalue weighted by Crippen LogP contribution is 2.43. The first-order chi connectivity index (χ1) is 27.3. The largest absolute Gasteiger partial charge is 0.456 e. The molecule has 0 aliphatic carbocycles. The molecule has 51 heavy (non-hydrogen) atoms. The summed E-state index contributed by atoms with van der Waals surface area (Å²) in [5.41, 5.74) is 5.91. The number of aromatic nitrogens is 4. The summed E-state index contributed by atoms with van der Waals surface area (Å²) in [4.78, 5) is 14.1. The summed E-state index contributed by atoms with van der Waals surface area (Å²) in [5.74, 6) is 0.574. The number of benzene rings is 7. The smallest absolute Gasteiger partial charge is 0.164 e. The van der Waals surface area contributed by atoms with Crippen LogP contribution < -0.4 is 0 Å². The first kappa shape index (κ1) is 23.7. The predicted molar refractivity (Wildman–Crippen MR) is 211 cm³/mol. The van der Waals surface area contributed by atoms with Crippen LogP contribution in [-0.2, 0) is 0 Å². The second kappa shape index (κ2) is 10.9. The van der Waals surface area contributed by atoms with Crippen molar-refractivity contribution in [3.8, 4) is 39.9 Å². The van der Waals surface area contributed by atoms with Crippen molar-refractivity contribution in [2.24, 2.45) is 0 Å². The molecule has 0 atom stereocenters. The maximum absolute atomic E-state index is 8.63. The minimum Gasteiger partial charge on any atom is -0.456 e. The zero-order valence-corrected chi connectivity index (χ0v) is 27.5. The van der Waals surface area contributed by atoms with Crippen LogP contribution >= 0.6 is 11.3 Å². The minimum atomic E-state index is -0.480. The maximum atomic E-state index is 8.63. The zero-order chi connectivity index (χ0) is 37.8. The average molecular weight is 676 g/mol. The van der Waals surface area contributed by atoms with Crippen molar-refractivity contribution in [3.05, 3.63) is 158 Å². The number of furan rings is 1. The quantitative estimate of drug-likeness (QED) is 0.186. The SMILES string of the molecule is [2H]c1c([2H])c([2H])c(-c2nc(-c3ccccc3)nc(-c3ccc4c(c3)oc3ccc(-n5c6ccccc6c6ccc7sc8ccccc8c7c65)cc34)n2)c([2H])c1[2H]. The van der Waals surface area contributed by atoms with Gasteiger partial charge in [0.25, 0.3) is 0 Å². The van der Waals surface area contributed by atoms with Gasteiger partial charge in [0.2, 0.25) is 0 Å². The zero-order valence-electron chi connectivity index (χ0n) is 31.7. The molecule has 5 nitrogen and oxygen atoms in total. The van der Waals surface area contributed by atoms with Crippen molar-refractivity contribution in [1.82, 2.24) is 19.5 Å². The fourth-order valence-corrected chi connectivity index (χ4v) is 8.38. The van der Waals surface area contributed by atoms with E-state index in [-0.39, 0.29) is 29.3 Å². The fourth-order valence-electron chi connectivity index (χ4n) is 7.27. The van der Waals surface area contributed by atoms with Crippen LogP contribution in [0.25, 0.3) is 104 Å². The van der Waals surface area contributed by atoms with Crippen LogP contribution in [-0.4, -0.2) is 19.5 Å². The number of rotatable bonds is 4. The summed E-state index contributed by atoms with van der Waals surface area (Å²) >= 11 is 1.81. The first-order valence-corrected chi connectivity index (χ1v) is 17.3. The van der Waals surface area contributed by atoms with E-state index in [1.54, 1.807) is 0 Å². The van der Waals surface area contributed by atoms with E-state index in [1.165, 1.54) is 36.5 Å². The number of nitrogens with zero attached hydrogens (tertiary/aromatic N) is 4. The molecule has 0 unspecified atom stereocenters. The van der Waals surface area contributed by atoms with E-state index in [2.05, 4.69) is 82.3 Å². The molecule has 4 heterocycles. The molecule has 7 aromatic carbocycles. The molecule has 0 N–H and O–H groups in total. The standard InChI is InChI=1S/C45H26N4OS/c1-3-11-27(12-4-1)43-46-44(28-13-5-2-6-14-28)48-45(47-43)29-19-21-32-35-26-30(20-23-37(35)50-38(32)25-29)49-36-17-9-7-15-31(36)33-22-24-40-41(42(33)49)34-16-8-10-18-39(34)51-40/h1-26H/i1D,3D,4D,11D,12D. The van der Waals surface area contributed by atoms with Crippen LogP contribution in [0, 0.1) is 0 Å². The Labute approximate surface area is 302 Å². The van der Waals surface area contributed by atoms with E-state index in [1.807, 2.05) is 65.9 Å². The van der Waals surface area contributed by atoms with Gasteiger partial charge in [0.15, 0.2) is 17.5 Å². The van der Waals surface area contributed by atoms with E-state index < -0.39 is 18.1 Å². The predicted octanol–water partition coefficient (Wildman–Crippen LogP) is 12.2. The van der Waals surface area contributed by atoms with Crippen molar-refractivity contribution >= 4 is 75.3 Å².